The molecule has 0 aromatic rings. The van der Waals surface area contributed by atoms with E-state index in [-0.39, 0.29) is 24.6 Å². The summed E-state index contributed by atoms with van der Waals surface area (Å²) < 4.78 is 5.50. The van der Waals surface area contributed by atoms with Crippen molar-refractivity contribution in [1.82, 2.24) is 10.2 Å². The van der Waals surface area contributed by atoms with E-state index in [4.69, 9.17) is 9.84 Å². The second kappa shape index (κ2) is 6.23. The summed E-state index contributed by atoms with van der Waals surface area (Å²) in [6.45, 7) is 3.85. The van der Waals surface area contributed by atoms with Crippen LogP contribution < -0.4 is 5.32 Å². The van der Waals surface area contributed by atoms with Crippen molar-refractivity contribution in [2.24, 2.45) is 5.92 Å². The van der Waals surface area contributed by atoms with E-state index < -0.39 is 5.97 Å². The first-order valence-corrected chi connectivity index (χ1v) is 6.95. The van der Waals surface area contributed by atoms with Gasteiger partial charge in [-0.1, -0.05) is 0 Å². The minimum atomic E-state index is -0.857. The molecule has 0 spiro atoms. The average molecular weight is 270 g/mol. The molecular formula is C13H22N2O4. The second-order valence-corrected chi connectivity index (χ2v) is 5.47. The van der Waals surface area contributed by atoms with Crippen molar-refractivity contribution in [3.63, 3.8) is 0 Å². The van der Waals surface area contributed by atoms with Crippen LogP contribution in [0.2, 0.25) is 0 Å². The minimum absolute atomic E-state index is 0.0102. The van der Waals surface area contributed by atoms with Gasteiger partial charge >= 0.3 is 12.0 Å². The predicted molar refractivity (Wildman–Crippen MR) is 68.9 cm³/mol. The molecule has 1 saturated carbocycles. The van der Waals surface area contributed by atoms with E-state index in [2.05, 4.69) is 5.32 Å². The number of carbonyl (C=O) groups excluding carboxylic acids is 1. The van der Waals surface area contributed by atoms with Crippen molar-refractivity contribution in [2.45, 2.75) is 44.8 Å². The SMILES string of the molecule is CC1CN(C(=O)NC(CC(=O)O)C2CC2)CCCO1. The molecule has 0 radical (unpaired) electrons. The summed E-state index contributed by atoms with van der Waals surface area (Å²) in [5, 5.41) is 11.8. The van der Waals surface area contributed by atoms with Crippen LogP contribution in [0.4, 0.5) is 4.79 Å². The number of amides is 2. The van der Waals surface area contributed by atoms with Gasteiger partial charge < -0.3 is 20.1 Å². The summed E-state index contributed by atoms with van der Waals surface area (Å²) in [7, 11) is 0. The number of hydrogen-bond donors (Lipinski definition) is 2. The predicted octanol–water partition coefficient (Wildman–Crippen LogP) is 1.06. The molecule has 1 aliphatic heterocycles. The zero-order chi connectivity index (χ0) is 13.8. The lowest BCUT2D eigenvalue weighted by atomic mass is 10.1. The normalized spacial score (nSPS) is 25.5. The number of carbonyl (C=O) groups is 2. The minimum Gasteiger partial charge on any atom is -0.481 e. The third-order valence-corrected chi connectivity index (χ3v) is 3.63. The number of nitrogens with zero attached hydrogens (tertiary/aromatic N) is 1. The van der Waals surface area contributed by atoms with Gasteiger partial charge in [-0.2, -0.15) is 0 Å². The van der Waals surface area contributed by atoms with E-state index >= 15 is 0 Å². The Morgan fingerprint density at radius 2 is 2.21 bits per heavy atom. The van der Waals surface area contributed by atoms with E-state index in [0.29, 0.717) is 25.6 Å². The number of nitrogens with one attached hydrogen (secondary N) is 1. The number of carboxylic acids is 1. The van der Waals surface area contributed by atoms with Crippen LogP contribution >= 0.6 is 0 Å². The lowest BCUT2D eigenvalue weighted by Crippen LogP contribution is -2.48. The van der Waals surface area contributed by atoms with Crippen molar-refractivity contribution in [2.75, 3.05) is 19.7 Å². The molecule has 1 aliphatic carbocycles. The first kappa shape index (κ1) is 14.1. The number of hydrogen-bond acceptors (Lipinski definition) is 3. The zero-order valence-electron chi connectivity index (χ0n) is 11.3. The van der Waals surface area contributed by atoms with E-state index in [1.54, 1.807) is 4.90 Å². The Morgan fingerprint density at radius 3 is 2.84 bits per heavy atom. The van der Waals surface area contributed by atoms with E-state index in [1.807, 2.05) is 6.92 Å². The number of urea groups is 1. The van der Waals surface area contributed by atoms with Crippen molar-refractivity contribution < 1.29 is 19.4 Å². The van der Waals surface area contributed by atoms with Crippen LogP contribution in [0.5, 0.6) is 0 Å². The molecule has 2 aliphatic rings. The van der Waals surface area contributed by atoms with E-state index in [9.17, 15) is 9.59 Å². The van der Waals surface area contributed by atoms with Crippen LogP contribution in [0.3, 0.4) is 0 Å². The summed E-state index contributed by atoms with van der Waals surface area (Å²) >= 11 is 0. The number of rotatable bonds is 4. The number of aliphatic carboxylic acids is 1. The maximum absolute atomic E-state index is 12.2. The Hall–Kier alpha value is -1.30. The Bertz CT molecular complexity index is 344. The summed E-state index contributed by atoms with van der Waals surface area (Å²) in [6.07, 6.45) is 2.89. The maximum Gasteiger partial charge on any atom is 0.317 e. The molecule has 2 fully saturated rings. The quantitative estimate of drug-likeness (QED) is 0.800. The molecule has 2 N–H and O–H groups in total. The molecule has 6 nitrogen and oxygen atoms in total. The lowest BCUT2D eigenvalue weighted by Gasteiger charge is -2.25. The molecule has 1 heterocycles. The summed E-state index contributed by atoms with van der Waals surface area (Å²) in [6, 6.07) is -0.389. The van der Waals surface area contributed by atoms with Gasteiger partial charge in [0.15, 0.2) is 0 Å². The van der Waals surface area contributed by atoms with Gasteiger partial charge in [0.2, 0.25) is 0 Å². The molecule has 2 unspecified atom stereocenters. The molecule has 0 aromatic carbocycles. The highest BCUT2D eigenvalue weighted by atomic mass is 16.5. The molecule has 108 valence electrons. The van der Waals surface area contributed by atoms with Crippen LogP contribution in [-0.2, 0) is 9.53 Å². The Kier molecular flexibility index (Phi) is 4.63. The summed E-state index contributed by atoms with van der Waals surface area (Å²) in [5.74, 6) is -0.523. The lowest BCUT2D eigenvalue weighted by molar-refractivity contribution is -0.137. The van der Waals surface area contributed by atoms with Crippen LogP contribution in [-0.4, -0.2) is 53.8 Å². The first-order valence-electron chi connectivity index (χ1n) is 6.95. The fourth-order valence-electron chi connectivity index (χ4n) is 2.45. The van der Waals surface area contributed by atoms with Crippen molar-refractivity contribution in [3.05, 3.63) is 0 Å². The number of ether oxygens (including phenoxy) is 1. The van der Waals surface area contributed by atoms with Gasteiger partial charge in [-0.05, 0) is 32.1 Å². The van der Waals surface area contributed by atoms with Crippen LogP contribution in [0.25, 0.3) is 0 Å². The van der Waals surface area contributed by atoms with Gasteiger partial charge in [-0.15, -0.1) is 0 Å². The molecule has 0 aromatic heterocycles. The van der Waals surface area contributed by atoms with Crippen molar-refractivity contribution in [1.29, 1.82) is 0 Å². The van der Waals surface area contributed by atoms with Crippen LogP contribution in [0.15, 0.2) is 0 Å². The molecule has 2 amide bonds. The molecule has 0 bridgehead atoms. The highest BCUT2D eigenvalue weighted by Gasteiger charge is 2.34. The first-order chi connectivity index (χ1) is 9.06. The zero-order valence-corrected chi connectivity index (χ0v) is 11.3. The van der Waals surface area contributed by atoms with Crippen molar-refractivity contribution in [3.8, 4) is 0 Å². The van der Waals surface area contributed by atoms with Gasteiger partial charge in [-0.25, -0.2) is 4.79 Å². The third-order valence-electron chi connectivity index (χ3n) is 3.63. The summed E-state index contributed by atoms with van der Waals surface area (Å²) in [4.78, 5) is 24.7. The Balaban J connectivity index is 1.88. The number of carboxylic acid groups (broad SMARTS) is 1. The smallest absolute Gasteiger partial charge is 0.317 e. The van der Waals surface area contributed by atoms with Gasteiger partial charge in [0.1, 0.15) is 0 Å². The largest absolute Gasteiger partial charge is 0.481 e. The summed E-state index contributed by atoms with van der Waals surface area (Å²) in [5.41, 5.74) is 0. The van der Waals surface area contributed by atoms with E-state index in [1.165, 1.54) is 0 Å². The molecular weight excluding hydrogens is 248 g/mol. The Morgan fingerprint density at radius 1 is 1.47 bits per heavy atom. The monoisotopic (exact) mass is 270 g/mol. The van der Waals surface area contributed by atoms with Crippen LogP contribution in [0.1, 0.15) is 32.6 Å². The fourth-order valence-corrected chi connectivity index (χ4v) is 2.45. The second-order valence-electron chi connectivity index (χ2n) is 5.47. The standard InChI is InChI=1S/C13H22N2O4/c1-9-8-15(5-2-6-19-9)13(18)14-11(7-12(16)17)10-3-4-10/h9-11H,2-8H2,1H3,(H,14,18)(H,16,17). The van der Waals surface area contributed by atoms with Gasteiger partial charge in [-0.3, -0.25) is 4.79 Å². The third kappa shape index (κ3) is 4.38. The van der Waals surface area contributed by atoms with E-state index in [0.717, 1.165) is 19.3 Å². The molecule has 1 saturated heterocycles. The molecule has 2 atom stereocenters. The molecule has 2 rings (SSSR count). The highest BCUT2D eigenvalue weighted by molar-refractivity contribution is 5.76. The molecule has 6 heteroatoms. The van der Waals surface area contributed by atoms with Crippen LogP contribution in [0, 0.1) is 5.92 Å². The topological polar surface area (TPSA) is 78.9 Å². The Labute approximate surface area is 113 Å². The van der Waals surface area contributed by atoms with Gasteiger partial charge in [0.05, 0.1) is 12.5 Å². The van der Waals surface area contributed by atoms with Gasteiger partial charge in [0.25, 0.3) is 0 Å². The highest BCUT2D eigenvalue weighted by Crippen LogP contribution is 2.34. The molecule has 19 heavy (non-hydrogen) atoms. The van der Waals surface area contributed by atoms with Crippen molar-refractivity contribution >= 4 is 12.0 Å². The maximum atomic E-state index is 12.2. The average Bonchev–Trinajstić information content (AvgIpc) is 3.13. The van der Waals surface area contributed by atoms with Gasteiger partial charge in [0, 0.05) is 25.7 Å². The fraction of sp³-hybridized carbons (Fsp3) is 0.846.